The van der Waals surface area contributed by atoms with Crippen molar-refractivity contribution >= 4 is 26.6 Å². The van der Waals surface area contributed by atoms with Crippen molar-refractivity contribution in [1.82, 2.24) is 9.97 Å². The minimum atomic E-state index is -4.71. The number of sulfone groups is 1. The van der Waals surface area contributed by atoms with Gasteiger partial charge in [0.2, 0.25) is 0 Å². The lowest BCUT2D eigenvalue weighted by Crippen LogP contribution is -2.13. The number of benzene rings is 2. The second kappa shape index (κ2) is 6.76. The van der Waals surface area contributed by atoms with Crippen LogP contribution in [0, 0.1) is 5.82 Å². The van der Waals surface area contributed by atoms with E-state index in [-0.39, 0.29) is 22.8 Å². The summed E-state index contributed by atoms with van der Waals surface area (Å²) < 4.78 is 76.0. The third kappa shape index (κ3) is 4.16. The minimum absolute atomic E-state index is 0.0330. The molecule has 0 saturated carbocycles. The Morgan fingerprint density at radius 3 is 2.48 bits per heavy atom. The van der Waals surface area contributed by atoms with E-state index in [0.29, 0.717) is 17.0 Å². The zero-order valence-electron chi connectivity index (χ0n) is 13.9. The molecule has 0 fully saturated rings. The molecule has 0 unspecified atom stereocenters. The first-order valence-electron chi connectivity index (χ1n) is 7.60. The van der Waals surface area contributed by atoms with Crippen LogP contribution in [0.15, 0.2) is 47.6 Å². The van der Waals surface area contributed by atoms with Gasteiger partial charge in [-0.1, -0.05) is 6.07 Å². The van der Waals surface area contributed by atoms with Gasteiger partial charge in [0.25, 0.3) is 0 Å². The van der Waals surface area contributed by atoms with Crippen LogP contribution in [-0.4, -0.2) is 24.6 Å². The van der Waals surface area contributed by atoms with E-state index in [2.05, 4.69) is 15.3 Å². The van der Waals surface area contributed by atoms with E-state index in [1.54, 1.807) is 0 Å². The predicted octanol–water partition coefficient (Wildman–Crippen LogP) is 3.80. The molecule has 0 aliphatic heterocycles. The van der Waals surface area contributed by atoms with Crippen molar-refractivity contribution in [3.05, 3.63) is 59.7 Å². The average Bonchev–Trinajstić information content (AvgIpc) is 2.58. The van der Waals surface area contributed by atoms with E-state index in [0.717, 1.165) is 18.4 Å². The van der Waals surface area contributed by atoms with Gasteiger partial charge in [0.1, 0.15) is 18.0 Å². The summed E-state index contributed by atoms with van der Waals surface area (Å²) in [6.07, 6.45) is -2.46. The Labute approximate surface area is 152 Å². The number of aromatic nitrogens is 2. The largest absolute Gasteiger partial charge is 0.416 e. The normalized spacial score (nSPS) is 12.3. The molecule has 0 aliphatic carbocycles. The van der Waals surface area contributed by atoms with Crippen molar-refractivity contribution < 1.29 is 26.0 Å². The molecule has 0 bridgehead atoms. The summed E-state index contributed by atoms with van der Waals surface area (Å²) in [5, 5.41) is 3.09. The van der Waals surface area contributed by atoms with Gasteiger partial charge in [-0.3, -0.25) is 0 Å². The predicted molar refractivity (Wildman–Crippen MR) is 91.4 cm³/mol. The molecular formula is C17H13F4N3O2S. The van der Waals surface area contributed by atoms with Gasteiger partial charge in [-0.25, -0.2) is 22.8 Å². The number of fused-ring (bicyclic) bond motifs is 1. The van der Waals surface area contributed by atoms with E-state index in [4.69, 9.17) is 0 Å². The lowest BCUT2D eigenvalue weighted by Gasteiger charge is -2.14. The van der Waals surface area contributed by atoms with Crippen LogP contribution in [0.3, 0.4) is 0 Å². The second-order valence-corrected chi connectivity index (χ2v) is 7.84. The molecule has 0 atom stereocenters. The van der Waals surface area contributed by atoms with Gasteiger partial charge in [-0.2, -0.15) is 13.2 Å². The number of nitrogens with one attached hydrogen (secondary N) is 1. The molecule has 27 heavy (non-hydrogen) atoms. The van der Waals surface area contributed by atoms with Crippen molar-refractivity contribution in [2.24, 2.45) is 0 Å². The minimum Gasteiger partial charge on any atom is -0.365 e. The third-order valence-electron chi connectivity index (χ3n) is 3.86. The fourth-order valence-corrected chi connectivity index (χ4v) is 3.20. The van der Waals surface area contributed by atoms with Crippen molar-refractivity contribution in [3.63, 3.8) is 0 Å². The number of nitrogens with zero attached hydrogens (tertiary/aromatic N) is 2. The quantitative estimate of drug-likeness (QED) is 0.676. The molecule has 0 spiro atoms. The van der Waals surface area contributed by atoms with E-state index in [1.807, 2.05) is 0 Å². The molecule has 1 N–H and O–H groups in total. The van der Waals surface area contributed by atoms with Crippen LogP contribution in [0.25, 0.3) is 10.9 Å². The highest BCUT2D eigenvalue weighted by Gasteiger charge is 2.33. The van der Waals surface area contributed by atoms with Crippen molar-refractivity contribution in [3.8, 4) is 0 Å². The van der Waals surface area contributed by atoms with Crippen LogP contribution in [0.5, 0.6) is 0 Å². The summed E-state index contributed by atoms with van der Waals surface area (Å²) in [4.78, 5) is 8.03. The Balaban J connectivity index is 1.99. The topological polar surface area (TPSA) is 72.0 Å². The molecule has 0 amide bonds. The number of halogens is 4. The first kappa shape index (κ1) is 19.0. The second-order valence-electron chi connectivity index (χ2n) is 5.83. The van der Waals surface area contributed by atoms with Gasteiger partial charge in [0.15, 0.2) is 9.84 Å². The van der Waals surface area contributed by atoms with Gasteiger partial charge in [-0.15, -0.1) is 0 Å². The Bertz CT molecular complexity index is 1110. The fraction of sp³-hybridized carbons (Fsp3) is 0.176. The smallest absolute Gasteiger partial charge is 0.365 e. The number of hydrogen-bond donors (Lipinski definition) is 1. The molecule has 3 aromatic rings. The first-order chi connectivity index (χ1) is 12.6. The number of anilines is 1. The lowest BCUT2D eigenvalue weighted by atomic mass is 10.1. The van der Waals surface area contributed by atoms with Crippen molar-refractivity contribution in [2.75, 3.05) is 11.6 Å². The van der Waals surface area contributed by atoms with E-state index < -0.39 is 27.4 Å². The number of rotatable bonds is 4. The number of alkyl halides is 3. The molecule has 0 saturated heterocycles. The molecule has 1 heterocycles. The van der Waals surface area contributed by atoms with Gasteiger partial charge < -0.3 is 5.32 Å². The van der Waals surface area contributed by atoms with Crippen LogP contribution in [0.1, 0.15) is 11.1 Å². The Kier molecular flexibility index (Phi) is 4.77. The monoisotopic (exact) mass is 399 g/mol. The SMILES string of the molecule is CS(=O)(=O)c1ccc2ncnc(NCc3ccc(F)cc3C(F)(F)F)c2c1. The highest BCUT2D eigenvalue weighted by atomic mass is 32.2. The van der Waals surface area contributed by atoms with Crippen LogP contribution < -0.4 is 5.32 Å². The summed E-state index contributed by atoms with van der Waals surface area (Å²) in [7, 11) is -3.48. The van der Waals surface area contributed by atoms with E-state index in [1.165, 1.54) is 24.5 Å². The molecule has 10 heteroatoms. The maximum absolute atomic E-state index is 13.2. The van der Waals surface area contributed by atoms with Gasteiger partial charge in [0.05, 0.1) is 16.0 Å². The van der Waals surface area contributed by atoms with Crippen molar-refractivity contribution in [1.29, 1.82) is 0 Å². The molecule has 5 nitrogen and oxygen atoms in total. The van der Waals surface area contributed by atoms with Gasteiger partial charge in [-0.05, 0) is 35.9 Å². The fourth-order valence-electron chi connectivity index (χ4n) is 2.55. The average molecular weight is 399 g/mol. The Hall–Kier alpha value is -2.75. The summed E-state index contributed by atoms with van der Waals surface area (Å²) >= 11 is 0. The van der Waals surface area contributed by atoms with Crippen LogP contribution in [-0.2, 0) is 22.6 Å². The summed E-state index contributed by atoms with van der Waals surface area (Å²) in [6.45, 7) is -0.287. The summed E-state index contributed by atoms with van der Waals surface area (Å²) in [5.74, 6) is -0.820. The van der Waals surface area contributed by atoms with Gasteiger partial charge in [0, 0.05) is 18.2 Å². The zero-order valence-corrected chi connectivity index (χ0v) is 14.7. The highest BCUT2D eigenvalue weighted by molar-refractivity contribution is 7.90. The van der Waals surface area contributed by atoms with Gasteiger partial charge >= 0.3 is 6.18 Å². The van der Waals surface area contributed by atoms with Crippen LogP contribution in [0.4, 0.5) is 23.4 Å². The van der Waals surface area contributed by atoms with E-state index in [9.17, 15) is 26.0 Å². The van der Waals surface area contributed by atoms with Crippen LogP contribution >= 0.6 is 0 Å². The molecule has 142 valence electrons. The molecule has 3 rings (SSSR count). The zero-order chi connectivity index (χ0) is 19.8. The van der Waals surface area contributed by atoms with Crippen molar-refractivity contribution in [2.45, 2.75) is 17.6 Å². The Morgan fingerprint density at radius 2 is 1.81 bits per heavy atom. The maximum atomic E-state index is 13.2. The standard InChI is InChI=1S/C17H13F4N3O2S/c1-27(25,26)12-4-5-15-13(7-12)16(24-9-23-15)22-8-10-2-3-11(18)6-14(10)17(19,20)21/h2-7,9H,8H2,1H3,(H,22,23,24). The molecule has 2 aromatic carbocycles. The maximum Gasteiger partial charge on any atom is 0.416 e. The Morgan fingerprint density at radius 1 is 1.07 bits per heavy atom. The van der Waals surface area contributed by atoms with E-state index >= 15 is 0 Å². The lowest BCUT2D eigenvalue weighted by molar-refractivity contribution is -0.138. The van der Waals surface area contributed by atoms with Crippen LogP contribution in [0.2, 0.25) is 0 Å². The highest BCUT2D eigenvalue weighted by Crippen LogP contribution is 2.33. The third-order valence-corrected chi connectivity index (χ3v) is 4.97. The summed E-state index contributed by atoms with van der Waals surface area (Å²) in [5.41, 5.74) is -0.838. The molecule has 0 radical (unpaired) electrons. The molecule has 0 aliphatic rings. The summed E-state index contributed by atoms with van der Waals surface area (Å²) in [6, 6.07) is 6.62. The number of hydrogen-bond acceptors (Lipinski definition) is 5. The first-order valence-corrected chi connectivity index (χ1v) is 9.49. The molecule has 1 aromatic heterocycles. The molecular weight excluding hydrogens is 386 g/mol.